The number of hydrogen-bond donors (Lipinski definition) is 1. The van der Waals surface area contributed by atoms with Crippen LogP contribution in [0.2, 0.25) is 0 Å². The highest BCUT2D eigenvalue weighted by Crippen LogP contribution is 2.23. The first kappa shape index (κ1) is 14.1. The smallest absolute Gasteiger partial charge is 0.138 e. The van der Waals surface area contributed by atoms with Crippen LogP contribution in [0.5, 0.6) is 0 Å². The largest absolute Gasteiger partial charge is 0.313 e. The van der Waals surface area contributed by atoms with Gasteiger partial charge in [-0.1, -0.05) is 6.07 Å². The molecular weight excluding hydrogens is 311 g/mol. The van der Waals surface area contributed by atoms with Gasteiger partial charge in [0, 0.05) is 19.0 Å². The third kappa shape index (κ3) is 3.19. The monoisotopic (exact) mass is 326 g/mol. The van der Waals surface area contributed by atoms with Crippen molar-refractivity contribution in [3.63, 3.8) is 0 Å². The van der Waals surface area contributed by atoms with Gasteiger partial charge in [0.05, 0.1) is 4.47 Å². The first-order valence-electron chi connectivity index (χ1n) is 6.14. The maximum Gasteiger partial charge on any atom is 0.138 e. The van der Waals surface area contributed by atoms with Crippen LogP contribution in [0, 0.1) is 5.82 Å². The van der Waals surface area contributed by atoms with Crippen LogP contribution in [-0.2, 0) is 13.0 Å². The molecule has 0 saturated carbocycles. The number of halogens is 2. The summed E-state index contributed by atoms with van der Waals surface area (Å²) >= 11 is 3.21. The van der Waals surface area contributed by atoms with Gasteiger partial charge >= 0.3 is 0 Å². The van der Waals surface area contributed by atoms with Crippen LogP contribution in [0.25, 0.3) is 0 Å². The molecule has 0 saturated heterocycles. The predicted molar refractivity (Wildman–Crippen MR) is 75.3 cm³/mol. The molecule has 2 aromatic rings. The van der Waals surface area contributed by atoms with Crippen molar-refractivity contribution < 1.29 is 4.39 Å². The van der Waals surface area contributed by atoms with Crippen LogP contribution in [0.15, 0.2) is 29.0 Å². The SMILES string of the molecule is CCn1ncnc1CC(NC)c1ccc(F)c(Br)c1. The summed E-state index contributed by atoms with van der Waals surface area (Å²) in [6.07, 6.45) is 2.27. The number of aryl methyl sites for hydroxylation is 1. The van der Waals surface area contributed by atoms with E-state index in [-0.39, 0.29) is 11.9 Å². The van der Waals surface area contributed by atoms with E-state index in [0.717, 1.165) is 17.9 Å². The van der Waals surface area contributed by atoms with E-state index in [9.17, 15) is 4.39 Å². The molecular formula is C13H16BrFN4. The lowest BCUT2D eigenvalue weighted by molar-refractivity contribution is 0.532. The summed E-state index contributed by atoms with van der Waals surface area (Å²) < 4.78 is 15.6. The minimum absolute atomic E-state index is 0.0754. The zero-order chi connectivity index (χ0) is 13.8. The van der Waals surface area contributed by atoms with Gasteiger partial charge in [-0.05, 0) is 47.6 Å². The second kappa shape index (κ2) is 6.25. The molecule has 0 amide bonds. The van der Waals surface area contributed by atoms with Gasteiger partial charge in [0.15, 0.2) is 0 Å². The lowest BCUT2D eigenvalue weighted by atomic mass is 10.0. The summed E-state index contributed by atoms with van der Waals surface area (Å²) in [6.45, 7) is 2.82. The highest BCUT2D eigenvalue weighted by atomic mass is 79.9. The van der Waals surface area contributed by atoms with E-state index in [1.165, 1.54) is 6.07 Å². The van der Waals surface area contributed by atoms with Crippen LogP contribution in [-0.4, -0.2) is 21.8 Å². The molecule has 6 heteroatoms. The van der Waals surface area contributed by atoms with Crippen molar-refractivity contribution in [3.8, 4) is 0 Å². The molecule has 0 spiro atoms. The lowest BCUT2D eigenvalue weighted by Gasteiger charge is -2.17. The Bertz CT molecular complexity index is 555. The molecule has 0 radical (unpaired) electrons. The average molecular weight is 327 g/mol. The lowest BCUT2D eigenvalue weighted by Crippen LogP contribution is -2.21. The quantitative estimate of drug-likeness (QED) is 0.918. The molecule has 1 aromatic carbocycles. The fourth-order valence-electron chi connectivity index (χ4n) is 2.01. The van der Waals surface area contributed by atoms with Crippen LogP contribution < -0.4 is 5.32 Å². The van der Waals surface area contributed by atoms with E-state index in [4.69, 9.17) is 0 Å². The van der Waals surface area contributed by atoms with E-state index in [1.807, 2.05) is 18.7 Å². The van der Waals surface area contributed by atoms with Gasteiger partial charge in [-0.3, -0.25) is 4.68 Å². The zero-order valence-corrected chi connectivity index (χ0v) is 12.5. The van der Waals surface area contributed by atoms with Crippen molar-refractivity contribution in [1.29, 1.82) is 0 Å². The molecule has 102 valence electrons. The van der Waals surface area contributed by atoms with Gasteiger partial charge in [0.1, 0.15) is 18.0 Å². The fourth-order valence-corrected chi connectivity index (χ4v) is 2.41. The molecule has 0 aliphatic carbocycles. The van der Waals surface area contributed by atoms with Crippen molar-refractivity contribution in [1.82, 2.24) is 20.1 Å². The molecule has 4 nitrogen and oxygen atoms in total. The van der Waals surface area contributed by atoms with Gasteiger partial charge in [-0.2, -0.15) is 5.10 Å². The normalized spacial score (nSPS) is 12.6. The summed E-state index contributed by atoms with van der Waals surface area (Å²) in [4.78, 5) is 4.27. The van der Waals surface area contributed by atoms with Crippen LogP contribution in [0.4, 0.5) is 4.39 Å². The first-order chi connectivity index (χ1) is 9.15. The Morgan fingerprint density at radius 3 is 2.89 bits per heavy atom. The molecule has 1 heterocycles. The number of rotatable bonds is 5. The summed E-state index contributed by atoms with van der Waals surface area (Å²) in [5.74, 6) is 0.664. The molecule has 1 unspecified atom stereocenters. The Morgan fingerprint density at radius 2 is 2.26 bits per heavy atom. The number of aromatic nitrogens is 3. The molecule has 0 aliphatic heterocycles. The third-order valence-electron chi connectivity index (χ3n) is 3.08. The highest BCUT2D eigenvalue weighted by Gasteiger charge is 2.15. The van der Waals surface area contributed by atoms with Gasteiger partial charge in [-0.15, -0.1) is 0 Å². The van der Waals surface area contributed by atoms with Crippen molar-refractivity contribution in [3.05, 3.63) is 46.2 Å². The third-order valence-corrected chi connectivity index (χ3v) is 3.68. The number of nitrogens with zero attached hydrogens (tertiary/aromatic N) is 3. The Balaban J connectivity index is 2.22. The minimum atomic E-state index is -0.254. The fraction of sp³-hybridized carbons (Fsp3) is 0.385. The maximum atomic E-state index is 13.3. The topological polar surface area (TPSA) is 42.7 Å². The van der Waals surface area contributed by atoms with Gasteiger partial charge in [0.25, 0.3) is 0 Å². The highest BCUT2D eigenvalue weighted by molar-refractivity contribution is 9.10. The van der Waals surface area contributed by atoms with Gasteiger partial charge in [0.2, 0.25) is 0 Å². The van der Waals surface area contributed by atoms with E-state index in [0.29, 0.717) is 10.9 Å². The molecule has 1 aromatic heterocycles. The molecule has 19 heavy (non-hydrogen) atoms. The van der Waals surface area contributed by atoms with E-state index in [1.54, 1.807) is 18.5 Å². The number of benzene rings is 1. The Kier molecular flexibility index (Phi) is 4.66. The van der Waals surface area contributed by atoms with E-state index >= 15 is 0 Å². The Labute approximate surface area is 120 Å². The van der Waals surface area contributed by atoms with Crippen molar-refractivity contribution in [2.24, 2.45) is 0 Å². The second-order valence-electron chi connectivity index (χ2n) is 4.21. The van der Waals surface area contributed by atoms with Gasteiger partial charge in [-0.25, -0.2) is 9.37 Å². The zero-order valence-electron chi connectivity index (χ0n) is 10.9. The Hall–Kier alpha value is -1.27. The Morgan fingerprint density at radius 1 is 1.47 bits per heavy atom. The van der Waals surface area contributed by atoms with E-state index < -0.39 is 0 Å². The van der Waals surface area contributed by atoms with Crippen LogP contribution >= 0.6 is 15.9 Å². The standard InChI is InChI=1S/C13H16BrFN4/c1-3-19-13(17-8-18-19)7-12(16-2)9-4-5-11(15)10(14)6-9/h4-6,8,12,16H,3,7H2,1-2H3. The van der Waals surface area contributed by atoms with Crippen LogP contribution in [0.1, 0.15) is 24.4 Å². The van der Waals surface area contributed by atoms with Crippen molar-refractivity contribution >= 4 is 15.9 Å². The summed E-state index contributed by atoms with van der Waals surface area (Å²) in [5.41, 5.74) is 1.02. The van der Waals surface area contributed by atoms with Crippen molar-refractivity contribution in [2.45, 2.75) is 25.9 Å². The predicted octanol–water partition coefficient (Wildman–Crippen LogP) is 2.70. The molecule has 0 bridgehead atoms. The summed E-state index contributed by atoms with van der Waals surface area (Å²) in [6, 6.07) is 5.12. The molecule has 1 N–H and O–H groups in total. The molecule has 0 fully saturated rings. The van der Waals surface area contributed by atoms with Crippen LogP contribution in [0.3, 0.4) is 0 Å². The van der Waals surface area contributed by atoms with Gasteiger partial charge < -0.3 is 5.32 Å². The number of nitrogens with one attached hydrogen (secondary N) is 1. The number of hydrogen-bond acceptors (Lipinski definition) is 3. The molecule has 2 rings (SSSR count). The second-order valence-corrected chi connectivity index (χ2v) is 5.07. The summed E-state index contributed by atoms with van der Waals surface area (Å²) in [5, 5.41) is 7.39. The average Bonchev–Trinajstić information content (AvgIpc) is 2.86. The maximum absolute atomic E-state index is 13.3. The first-order valence-corrected chi connectivity index (χ1v) is 6.94. The van der Waals surface area contributed by atoms with Crippen molar-refractivity contribution in [2.75, 3.05) is 7.05 Å². The minimum Gasteiger partial charge on any atom is -0.313 e. The number of likely N-dealkylation sites (N-methyl/N-ethyl adjacent to an activating group) is 1. The van der Waals surface area contributed by atoms with E-state index in [2.05, 4.69) is 31.3 Å². The molecule has 0 aliphatic rings. The molecule has 1 atom stereocenters. The summed E-state index contributed by atoms with van der Waals surface area (Å²) in [7, 11) is 1.88.